The molecule has 0 aliphatic heterocycles. The molecular formula is C8H18BCl. The van der Waals surface area contributed by atoms with E-state index in [9.17, 15) is 0 Å². The molecule has 0 aromatic carbocycles. The summed E-state index contributed by atoms with van der Waals surface area (Å²) in [5, 5.41) is 0. The molecule has 1 unspecified atom stereocenters. The molecular weight excluding hydrogens is 142 g/mol. The maximum atomic E-state index is 5.72. The van der Waals surface area contributed by atoms with Gasteiger partial charge >= 0.3 is 0 Å². The van der Waals surface area contributed by atoms with Gasteiger partial charge in [-0.3, -0.25) is 0 Å². The van der Waals surface area contributed by atoms with Crippen LogP contribution in [0.4, 0.5) is 0 Å². The number of hydrogen-bond donors (Lipinski definition) is 0. The van der Waals surface area contributed by atoms with Gasteiger partial charge in [0.1, 0.15) is 0 Å². The van der Waals surface area contributed by atoms with Gasteiger partial charge in [0.2, 0.25) is 6.69 Å². The smallest absolute Gasteiger partial charge is 0.201 e. The molecule has 0 aromatic heterocycles. The lowest BCUT2D eigenvalue weighted by atomic mass is 9.73. The zero-order chi connectivity index (χ0) is 8.20. The molecule has 0 bridgehead atoms. The quantitative estimate of drug-likeness (QED) is 0.554. The summed E-state index contributed by atoms with van der Waals surface area (Å²) in [7, 11) is 0. The van der Waals surface area contributed by atoms with Gasteiger partial charge in [-0.25, -0.2) is 11.5 Å². The van der Waals surface area contributed by atoms with Gasteiger partial charge in [-0.05, 0) is 5.41 Å². The first-order valence-electron chi connectivity index (χ1n) is 4.08. The molecule has 0 fully saturated rings. The molecule has 0 N–H and O–H groups in total. The van der Waals surface area contributed by atoms with Gasteiger partial charge < -0.3 is 0 Å². The predicted molar refractivity (Wildman–Crippen MR) is 51.1 cm³/mol. The standard InChI is InChI=1S/C8H18BCl/c1-5-8(3,4)6-7(2)9-10/h7,9H,5-6H2,1-4H3. The second-order valence-corrected chi connectivity index (χ2v) is 4.29. The molecule has 0 aromatic rings. The van der Waals surface area contributed by atoms with Crippen molar-refractivity contribution in [1.82, 2.24) is 0 Å². The van der Waals surface area contributed by atoms with E-state index in [0.29, 0.717) is 11.2 Å². The average Bonchev–Trinajstić information content (AvgIpc) is 1.87. The fourth-order valence-corrected chi connectivity index (χ4v) is 1.25. The van der Waals surface area contributed by atoms with Crippen LogP contribution >= 0.6 is 11.5 Å². The second kappa shape index (κ2) is 4.28. The van der Waals surface area contributed by atoms with Gasteiger partial charge in [0.05, 0.1) is 0 Å². The zero-order valence-electron chi connectivity index (χ0n) is 7.58. The number of halogens is 1. The third-order valence-corrected chi connectivity index (χ3v) is 2.65. The number of hydrogen-bond acceptors (Lipinski definition) is 0. The molecule has 0 aliphatic rings. The van der Waals surface area contributed by atoms with Crippen LogP contribution in [-0.2, 0) is 0 Å². The van der Waals surface area contributed by atoms with E-state index >= 15 is 0 Å². The van der Waals surface area contributed by atoms with Gasteiger partial charge in [-0.1, -0.05) is 46.4 Å². The summed E-state index contributed by atoms with van der Waals surface area (Å²) >= 11 is 5.72. The summed E-state index contributed by atoms with van der Waals surface area (Å²) < 4.78 is 0. The van der Waals surface area contributed by atoms with Crippen LogP contribution in [0.25, 0.3) is 0 Å². The Morgan fingerprint density at radius 1 is 1.50 bits per heavy atom. The van der Waals surface area contributed by atoms with E-state index in [0.717, 1.165) is 6.69 Å². The highest BCUT2D eigenvalue weighted by atomic mass is 35.5. The molecule has 0 heterocycles. The third kappa shape index (κ3) is 4.22. The van der Waals surface area contributed by atoms with Crippen molar-refractivity contribution in [2.75, 3.05) is 0 Å². The molecule has 0 spiro atoms. The normalized spacial score (nSPS) is 14.9. The summed E-state index contributed by atoms with van der Waals surface area (Å²) in [4.78, 5) is 0. The lowest BCUT2D eigenvalue weighted by Gasteiger charge is -2.25. The minimum absolute atomic E-state index is 0.480. The first kappa shape index (κ1) is 10.4. The molecule has 0 radical (unpaired) electrons. The summed E-state index contributed by atoms with van der Waals surface area (Å²) in [6, 6.07) is 0. The Labute approximate surface area is 70.5 Å². The summed E-state index contributed by atoms with van der Waals surface area (Å²) in [5.74, 6) is 0.664. The largest absolute Gasteiger partial charge is 0.235 e. The van der Waals surface area contributed by atoms with Crippen molar-refractivity contribution in [2.45, 2.75) is 46.4 Å². The van der Waals surface area contributed by atoms with Crippen molar-refractivity contribution < 1.29 is 0 Å². The number of rotatable bonds is 4. The van der Waals surface area contributed by atoms with Gasteiger partial charge in [-0.2, -0.15) is 0 Å². The highest BCUT2D eigenvalue weighted by Gasteiger charge is 2.18. The SMILES string of the molecule is CCC(C)(C)CC(C)BCl. The van der Waals surface area contributed by atoms with Gasteiger partial charge in [-0.15, -0.1) is 0 Å². The molecule has 0 rings (SSSR count). The van der Waals surface area contributed by atoms with Crippen molar-refractivity contribution in [3.8, 4) is 0 Å². The topological polar surface area (TPSA) is 0 Å². The van der Waals surface area contributed by atoms with Crippen LogP contribution in [-0.4, -0.2) is 6.69 Å². The molecule has 0 aliphatic carbocycles. The van der Waals surface area contributed by atoms with Crippen molar-refractivity contribution in [1.29, 1.82) is 0 Å². The van der Waals surface area contributed by atoms with Gasteiger partial charge in [0.25, 0.3) is 0 Å². The molecule has 10 heavy (non-hydrogen) atoms. The van der Waals surface area contributed by atoms with Crippen LogP contribution < -0.4 is 0 Å². The molecule has 0 nitrogen and oxygen atoms in total. The van der Waals surface area contributed by atoms with Crippen molar-refractivity contribution in [3.63, 3.8) is 0 Å². The molecule has 0 saturated heterocycles. The monoisotopic (exact) mass is 160 g/mol. The van der Waals surface area contributed by atoms with E-state index in [1.54, 1.807) is 0 Å². The Morgan fingerprint density at radius 3 is 2.30 bits per heavy atom. The van der Waals surface area contributed by atoms with Gasteiger partial charge in [0.15, 0.2) is 0 Å². The Bertz CT molecular complexity index is 91.3. The highest BCUT2D eigenvalue weighted by Crippen LogP contribution is 2.31. The van der Waals surface area contributed by atoms with E-state index in [-0.39, 0.29) is 0 Å². The Morgan fingerprint density at radius 2 is 2.00 bits per heavy atom. The lowest BCUT2D eigenvalue weighted by molar-refractivity contribution is 0.319. The molecule has 0 saturated carbocycles. The predicted octanol–water partition coefficient (Wildman–Crippen LogP) is 3.21. The van der Waals surface area contributed by atoms with E-state index in [4.69, 9.17) is 11.5 Å². The fourth-order valence-electron chi connectivity index (χ4n) is 1.14. The Kier molecular flexibility index (Phi) is 4.43. The van der Waals surface area contributed by atoms with E-state index in [1.165, 1.54) is 12.8 Å². The Balaban J connectivity index is 3.64. The Hall–Kier alpha value is 0.355. The van der Waals surface area contributed by atoms with Crippen LogP contribution in [0.5, 0.6) is 0 Å². The fraction of sp³-hybridized carbons (Fsp3) is 1.00. The van der Waals surface area contributed by atoms with E-state index < -0.39 is 0 Å². The van der Waals surface area contributed by atoms with Crippen molar-refractivity contribution in [2.24, 2.45) is 5.41 Å². The van der Waals surface area contributed by atoms with E-state index in [2.05, 4.69) is 27.7 Å². The van der Waals surface area contributed by atoms with Crippen LogP contribution in [0.2, 0.25) is 5.82 Å². The molecule has 1 atom stereocenters. The first-order chi connectivity index (χ1) is 4.52. The summed E-state index contributed by atoms with van der Waals surface area (Å²) in [6.07, 6.45) is 2.49. The van der Waals surface area contributed by atoms with Crippen LogP contribution in [0.15, 0.2) is 0 Å². The maximum Gasteiger partial charge on any atom is 0.235 e. The van der Waals surface area contributed by atoms with E-state index in [1.807, 2.05) is 0 Å². The third-order valence-electron chi connectivity index (χ3n) is 2.12. The zero-order valence-corrected chi connectivity index (χ0v) is 8.33. The van der Waals surface area contributed by atoms with Crippen LogP contribution in [0.1, 0.15) is 40.5 Å². The first-order valence-corrected chi connectivity index (χ1v) is 4.61. The summed E-state index contributed by atoms with van der Waals surface area (Å²) in [5.41, 5.74) is 0.480. The molecule has 60 valence electrons. The van der Waals surface area contributed by atoms with Crippen LogP contribution in [0.3, 0.4) is 0 Å². The molecule has 2 heteroatoms. The van der Waals surface area contributed by atoms with Gasteiger partial charge in [0, 0.05) is 0 Å². The maximum absolute atomic E-state index is 5.72. The van der Waals surface area contributed by atoms with Crippen molar-refractivity contribution in [3.05, 3.63) is 0 Å². The minimum atomic E-state index is 0.480. The highest BCUT2D eigenvalue weighted by molar-refractivity contribution is 6.94. The summed E-state index contributed by atoms with van der Waals surface area (Å²) in [6.45, 7) is 9.85. The molecule has 0 amide bonds. The average molecular weight is 160 g/mol. The van der Waals surface area contributed by atoms with Crippen molar-refractivity contribution >= 4 is 18.2 Å². The van der Waals surface area contributed by atoms with Crippen LogP contribution in [0, 0.1) is 5.41 Å². The lowest BCUT2D eigenvalue weighted by Crippen LogP contribution is -2.13. The second-order valence-electron chi connectivity index (χ2n) is 3.98. The minimum Gasteiger partial charge on any atom is -0.201 e.